The Labute approximate surface area is 168 Å². The highest BCUT2D eigenvalue weighted by atomic mass is 19.1. The summed E-state index contributed by atoms with van der Waals surface area (Å²) in [5.74, 6) is 0.368. The fourth-order valence-electron chi connectivity index (χ4n) is 3.96. The van der Waals surface area contributed by atoms with Crippen molar-refractivity contribution in [3.05, 3.63) is 70.4 Å². The molecule has 150 valence electrons. The number of hydrogen-bond acceptors (Lipinski definition) is 4. The summed E-state index contributed by atoms with van der Waals surface area (Å²) in [5.41, 5.74) is 1.51. The Balaban J connectivity index is 1.51. The number of aryl methyl sites for hydroxylation is 1. The number of nitrogens with zero attached hydrogens (tertiary/aromatic N) is 4. The zero-order valence-electron chi connectivity index (χ0n) is 16.5. The molecule has 0 saturated carbocycles. The van der Waals surface area contributed by atoms with Gasteiger partial charge in [0.15, 0.2) is 5.43 Å². The van der Waals surface area contributed by atoms with Gasteiger partial charge in [0.25, 0.3) is 0 Å². The molecule has 0 N–H and O–H groups in total. The minimum absolute atomic E-state index is 0.0143. The van der Waals surface area contributed by atoms with Crippen molar-refractivity contribution >= 4 is 22.6 Å². The van der Waals surface area contributed by atoms with E-state index in [4.69, 9.17) is 0 Å². The Morgan fingerprint density at radius 1 is 1.21 bits per heavy atom. The van der Waals surface area contributed by atoms with E-state index in [1.807, 2.05) is 41.5 Å². The molecule has 1 aliphatic heterocycles. The third-order valence-electron chi connectivity index (χ3n) is 5.51. The van der Waals surface area contributed by atoms with Crippen LogP contribution in [0.15, 0.2) is 53.5 Å². The van der Waals surface area contributed by atoms with Gasteiger partial charge in [0.2, 0.25) is 5.91 Å². The molecular formula is C22H23FN4O2. The van der Waals surface area contributed by atoms with E-state index in [9.17, 15) is 14.0 Å². The van der Waals surface area contributed by atoms with Crippen molar-refractivity contribution in [1.29, 1.82) is 0 Å². The van der Waals surface area contributed by atoms with Crippen LogP contribution in [0.1, 0.15) is 12.6 Å². The number of amides is 1. The van der Waals surface area contributed by atoms with Crippen LogP contribution in [0, 0.1) is 12.7 Å². The van der Waals surface area contributed by atoms with Crippen molar-refractivity contribution in [3.63, 3.8) is 0 Å². The van der Waals surface area contributed by atoms with Gasteiger partial charge >= 0.3 is 0 Å². The summed E-state index contributed by atoms with van der Waals surface area (Å²) in [4.78, 5) is 33.3. The molecule has 1 unspecified atom stereocenters. The second kappa shape index (κ2) is 7.66. The molecule has 0 aliphatic carbocycles. The molecule has 7 heteroatoms. The van der Waals surface area contributed by atoms with Gasteiger partial charge in [-0.25, -0.2) is 9.37 Å². The zero-order valence-corrected chi connectivity index (χ0v) is 16.5. The second-order valence-corrected chi connectivity index (χ2v) is 7.47. The lowest BCUT2D eigenvalue weighted by atomic mass is 10.1. The molecule has 3 aromatic rings. The maximum atomic E-state index is 13.1. The second-order valence-electron chi connectivity index (χ2n) is 7.47. The van der Waals surface area contributed by atoms with Gasteiger partial charge in [-0.3, -0.25) is 9.59 Å². The number of carbonyl (C=O) groups excluding carboxylic acids is 1. The van der Waals surface area contributed by atoms with Gasteiger partial charge < -0.3 is 14.4 Å². The fourth-order valence-corrected chi connectivity index (χ4v) is 3.96. The van der Waals surface area contributed by atoms with Crippen LogP contribution in [-0.2, 0) is 11.3 Å². The highest BCUT2D eigenvalue weighted by Gasteiger charge is 2.28. The molecule has 4 rings (SSSR count). The topological polar surface area (TPSA) is 58.4 Å². The predicted octanol–water partition coefficient (Wildman–Crippen LogP) is 2.58. The van der Waals surface area contributed by atoms with E-state index in [1.165, 1.54) is 12.3 Å². The fraction of sp³-hybridized carbons (Fsp3) is 0.318. The Bertz CT molecular complexity index is 1110. The number of benzene rings is 1. The van der Waals surface area contributed by atoms with Crippen molar-refractivity contribution in [1.82, 2.24) is 14.5 Å². The van der Waals surface area contributed by atoms with Crippen LogP contribution in [0.4, 0.5) is 10.2 Å². The average Bonchev–Trinajstić information content (AvgIpc) is 2.71. The van der Waals surface area contributed by atoms with Crippen LogP contribution in [0.5, 0.6) is 0 Å². The first-order valence-electron chi connectivity index (χ1n) is 9.69. The number of aromatic nitrogens is 2. The van der Waals surface area contributed by atoms with Crippen molar-refractivity contribution < 1.29 is 9.18 Å². The van der Waals surface area contributed by atoms with Crippen molar-refractivity contribution in [2.75, 3.05) is 24.5 Å². The van der Waals surface area contributed by atoms with Crippen LogP contribution in [-0.4, -0.2) is 46.0 Å². The van der Waals surface area contributed by atoms with Gasteiger partial charge in [0, 0.05) is 42.8 Å². The monoisotopic (exact) mass is 394 g/mol. The lowest BCUT2D eigenvalue weighted by Gasteiger charge is -2.40. The minimum atomic E-state index is -0.362. The molecule has 1 amide bonds. The largest absolute Gasteiger partial charge is 0.350 e. The molecule has 0 radical (unpaired) electrons. The number of halogens is 1. The standard InChI is InChI=1S/C22H23FN4O2/c1-15-11-20(28)18-5-3-4-6-19(18)27(15)14-22(29)25-9-10-26(16(2)13-25)21-8-7-17(23)12-24-21/h3-8,11-12,16H,9-10,13-14H2,1-2H3. The summed E-state index contributed by atoms with van der Waals surface area (Å²) in [6, 6.07) is 12.1. The molecule has 6 nitrogen and oxygen atoms in total. The molecule has 29 heavy (non-hydrogen) atoms. The first-order chi connectivity index (χ1) is 13.9. The highest BCUT2D eigenvalue weighted by molar-refractivity contribution is 5.83. The molecular weight excluding hydrogens is 371 g/mol. The van der Waals surface area contributed by atoms with Gasteiger partial charge in [0.05, 0.1) is 11.7 Å². The summed E-state index contributed by atoms with van der Waals surface area (Å²) in [7, 11) is 0. The first kappa shape index (κ1) is 19.1. The van der Waals surface area contributed by atoms with Gasteiger partial charge in [-0.15, -0.1) is 0 Å². The maximum absolute atomic E-state index is 13.1. The normalized spacial score (nSPS) is 17.0. The smallest absolute Gasteiger partial charge is 0.242 e. The van der Waals surface area contributed by atoms with Crippen LogP contribution in [0.2, 0.25) is 0 Å². The van der Waals surface area contributed by atoms with Gasteiger partial charge in [-0.05, 0) is 38.1 Å². The first-order valence-corrected chi connectivity index (χ1v) is 9.69. The molecule has 3 heterocycles. The SMILES string of the molecule is Cc1cc(=O)c2ccccc2n1CC(=O)N1CCN(c2ccc(F)cn2)C(C)C1. The number of fused-ring (bicyclic) bond motifs is 1. The van der Waals surface area contributed by atoms with E-state index in [0.717, 1.165) is 11.2 Å². The van der Waals surface area contributed by atoms with E-state index in [-0.39, 0.29) is 29.7 Å². The van der Waals surface area contributed by atoms with Crippen LogP contribution in [0.25, 0.3) is 10.9 Å². The molecule has 2 aromatic heterocycles. The van der Waals surface area contributed by atoms with Crippen molar-refractivity contribution in [2.24, 2.45) is 0 Å². The van der Waals surface area contributed by atoms with E-state index in [2.05, 4.69) is 9.88 Å². The van der Waals surface area contributed by atoms with E-state index < -0.39 is 0 Å². The number of rotatable bonds is 3. The third kappa shape index (κ3) is 3.72. The molecule has 0 bridgehead atoms. The summed E-state index contributed by atoms with van der Waals surface area (Å²) in [5, 5.41) is 0.617. The van der Waals surface area contributed by atoms with Gasteiger partial charge in [-0.1, -0.05) is 12.1 Å². The summed E-state index contributed by atoms with van der Waals surface area (Å²) >= 11 is 0. The Morgan fingerprint density at radius 2 is 2.00 bits per heavy atom. The number of carbonyl (C=O) groups is 1. The van der Waals surface area contributed by atoms with Crippen molar-refractivity contribution in [3.8, 4) is 0 Å². The molecule has 1 atom stereocenters. The molecule has 1 fully saturated rings. The minimum Gasteiger partial charge on any atom is -0.350 e. The highest BCUT2D eigenvalue weighted by Crippen LogP contribution is 2.19. The van der Waals surface area contributed by atoms with E-state index in [1.54, 1.807) is 18.2 Å². The maximum Gasteiger partial charge on any atom is 0.242 e. The molecule has 0 spiro atoms. The lowest BCUT2D eigenvalue weighted by molar-refractivity contribution is -0.132. The lowest BCUT2D eigenvalue weighted by Crippen LogP contribution is -2.54. The molecule has 1 aromatic carbocycles. The third-order valence-corrected chi connectivity index (χ3v) is 5.51. The Morgan fingerprint density at radius 3 is 2.72 bits per heavy atom. The average molecular weight is 394 g/mol. The number of pyridine rings is 2. The van der Waals surface area contributed by atoms with Gasteiger partial charge in [-0.2, -0.15) is 0 Å². The zero-order chi connectivity index (χ0) is 20.5. The number of anilines is 1. The number of para-hydroxylation sites is 1. The predicted molar refractivity (Wildman–Crippen MR) is 111 cm³/mol. The summed E-state index contributed by atoms with van der Waals surface area (Å²) in [6.45, 7) is 5.84. The Kier molecular flexibility index (Phi) is 5.05. The number of hydrogen-bond donors (Lipinski definition) is 0. The van der Waals surface area contributed by atoms with Crippen LogP contribution in [0.3, 0.4) is 0 Å². The molecule has 1 aliphatic rings. The Hall–Kier alpha value is -3.22. The van der Waals surface area contributed by atoms with E-state index in [0.29, 0.717) is 30.8 Å². The van der Waals surface area contributed by atoms with Crippen molar-refractivity contribution in [2.45, 2.75) is 26.4 Å². The summed E-state index contributed by atoms with van der Waals surface area (Å²) in [6.07, 6.45) is 1.21. The summed E-state index contributed by atoms with van der Waals surface area (Å²) < 4.78 is 15.0. The van der Waals surface area contributed by atoms with Gasteiger partial charge in [0.1, 0.15) is 18.2 Å². The number of piperazine rings is 1. The molecule has 1 saturated heterocycles. The quantitative estimate of drug-likeness (QED) is 0.685. The van der Waals surface area contributed by atoms with E-state index >= 15 is 0 Å². The van der Waals surface area contributed by atoms with Crippen LogP contribution < -0.4 is 10.3 Å². The van der Waals surface area contributed by atoms with Crippen LogP contribution >= 0.6 is 0 Å².